The quantitative estimate of drug-likeness (QED) is 0.406. The normalized spacial score (nSPS) is 19.8. The van der Waals surface area contributed by atoms with Crippen molar-refractivity contribution in [1.82, 2.24) is 9.97 Å². The van der Waals surface area contributed by atoms with E-state index in [0.717, 1.165) is 12.1 Å². The first-order valence-corrected chi connectivity index (χ1v) is 10.6. The first-order chi connectivity index (χ1) is 16.3. The second-order valence-corrected chi connectivity index (χ2v) is 7.74. The van der Waals surface area contributed by atoms with Crippen molar-refractivity contribution in [2.75, 3.05) is 16.9 Å². The van der Waals surface area contributed by atoms with Gasteiger partial charge in [-0.15, -0.1) is 11.6 Å². The number of aromatic nitrogens is 2. The van der Waals surface area contributed by atoms with Crippen molar-refractivity contribution < 1.29 is 28.5 Å². The fraction of sp³-hybridized carbons (Fsp3) is 0.174. The van der Waals surface area contributed by atoms with Crippen LogP contribution in [0.5, 0.6) is 0 Å². The molecule has 8 nitrogen and oxygen atoms in total. The number of alkyl halides is 1. The number of ether oxygens (including phenoxy) is 1. The lowest BCUT2D eigenvalue weighted by Gasteiger charge is -2.31. The van der Waals surface area contributed by atoms with E-state index in [1.807, 2.05) is 0 Å². The van der Waals surface area contributed by atoms with Crippen LogP contribution in [0.1, 0.15) is 16.1 Å². The van der Waals surface area contributed by atoms with Crippen molar-refractivity contribution in [3.8, 4) is 11.3 Å². The summed E-state index contributed by atoms with van der Waals surface area (Å²) < 4.78 is 34.4. The third-order valence-electron chi connectivity index (χ3n) is 5.17. The highest BCUT2D eigenvalue weighted by Gasteiger charge is 2.33. The van der Waals surface area contributed by atoms with Gasteiger partial charge in [-0.1, -0.05) is 12.1 Å². The number of carbonyl (C=O) groups is 1. The van der Waals surface area contributed by atoms with Crippen LogP contribution in [0.25, 0.3) is 17.0 Å². The third-order valence-corrected chi connectivity index (χ3v) is 5.47. The van der Waals surface area contributed by atoms with Gasteiger partial charge in [0.1, 0.15) is 35.6 Å². The van der Waals surface area contributed by atoms with Gasteiger partial charge in [-0.2, -0.15) is 0 Å². The van der Waals surface area contributed by atoms with E-state index < -0.39 is 35.9 Å². The summed E-state index contributed by atoms with van der Waals surface area (Å²) in [5.41, 5.74) is 5.23. The number of nitrogens with two attached hydrogens (primary N) is 1. The number of carbonyl (C=O) groups excluding carboxylic acids is 1. The maximum atomic E-state index is 14.5. The van der Waals surface area contributed by atoms with Gasteiger partial charge in [0.25, 0.3) is 5.91 Å². The fourth-order valence-corrected chi connectivity index (χ4v) is 3.68. The molecule has 11 heteroatoms. The molecule has 0 spiro atoms. The molecule has 1 aliphatic heterocycles. The lowest BCUT2D eigenvalue weighted by Crippen LogP contribution is -2.42. The molecule has 0 saturated carbocycles. The minimum absolute atomic E-state index is 0.0861. The SMILES string of the molecule is Nc1cc(F)c(-c2ccccc2F)nc1C(=O)Nc1cnccc1C1=CC(O)C(O)C(CCl)O1. The van der Waals surface area contributed by atoms with Gasteiger partial charge < -0.3 is 26.0 Å². The molecule has 0 fully saturated rings. The molecule has 2 aromatic heterocycles. The number of pyridine rings is 2. The van der Waals surface area contributed by atoms with E-state index >= 15 is 0 Å². The molecular weight excluding hydrogens is 470 g/mol. The second-order valence-electron chi connectivity index (χ2n) is 7.43. The predicted octanol–water partition coefficient (Wildman–Crippen LogP) is 2.96. The number of anilines is 2. The highest BCUT2D eigenvalue weighted by Crippen LogP contribution is 2.32. The number of rotatable bonds is 5. The zero-order valence-electron chi connectivity index (χ0n) is 17.5. The van der Waals surface area contributed by atoms with Crippen LogP contribution in [0.2, 0.25) is 0 Å². The topological polar surface area (TPSA) is 131 Å². The van der Waals surface area contributed by atoms with Gasteiger partial charge in [0.15, 0.2) is 11.5 Å². The Morgan fingerprint density at radius 1 is 1.18 bits per heavy atom. The van der Waals surface area contributed by atoms with E-state index in [-0.39, 0.29) is 40.0 Å². The number of nitrogen functional groups attached to an aromatic ring is 1. The number of nitrogens with one attached hydrogen (secondary N) is 1. The first-order valence-electron chi connectivity index (χ1n) is 10.1. The monoisotopic (exact) mass is 488 g/mol. The molecule has 176 valence electrons. The Bertz CT molecular complexity index is 1270. The van der Waals surface area contributed by atoms with Crippen LogP contribution in [-0.4, -0.2) is 50.3 Å². The Kier molecular flexibility index (Phi) is 6.73. The van der Waals surface area contributed by atoms with Crippen molar-refractivity contribution in [2.24, 2.45) is 0 Å². The molecule has 0 aliphatic carbocycles. The van der Waals surface area contributed by atoms with Gasteiger partial charge in [0.2, 0.25) is 0 Å². The summed E-state index contributed by atoms with van der Waals surface area (Å²) in [4.78, 5) is 21.0. The maximum Gasteiger partial charge on any atom is 0.276 e. The van der Waals surface area contributed by atoms with Crippen LogP contribution in [0, 0.1) is 11.6 Å². The number of aliphatic hydroxyl groups excluding tert-OH is 2. The van der Waals surface area contributed by atoms with Crippen LogP contribution >= 0.6 is 11.6 Å². The Morgan fingerprint density at radius 3 is 2.68 bits per heavy atom. The molecular formula is C23H19ClF2N4O4. The second kappa shape index (κ2) is 9.72. The van der Waals surface area contributed by atoms with E-state index in [1.54, 1.807) is 0 Å². The largest absolute Gasteiger partial charge is 0.486 e. The Balaban J connectivity index is 1.68. The fourth-order valence-electron chi connectivity index (χ4n) is 3.44. The number of benzene rings is 1. The van der Waals surface area contributed by atoms with E-state index in [2.05, 4.69) is 15.3 Å². The number of nitrogens with zero attached hydrogens (tertiary/aromatic N) is 2. The maximum absolute atomic E-state index is 14.5. The average Bonchev–Trinajstić information content (AvgIpc) is 2.82. The summed E-state index contributed by atoms with van der Waals surface area (Å²) in [5, 5.41) is 22.7. The average molecular weight is 489 g/mol. The van der Waals surface area contributed by atoms with Gasteiger partial charge in [-0.3, -0.25) is 9.78 Å². The molecule has 3 unspecified atom stereocenters. The summed E-state index contributed by atoms with van der Waals surface area (Å²) in [6.45, 7) is 0. The van der Waals surface area contributed by atoms with E-state index in [4.69, 9.17) is 22.1 Å². The van der Waals surface area contributed by atoms with Crippen LogP contribution in [0.4, 0.5) is 20.2 Å². The molecule has 0 radical (unpaired) electrons. The molecule has 1 amide bonds. The highest BCUT2D eigenvalue weighted by atomic mass is 35.5. The number of hydrogen-bond donors (Lipinski definition) is 4. The van der Waals surface area contributed by atoms with Crippen LogP contribution < -0.4 is 11.1 Å². The van der Waals surface area contributed by atoms with Crippen molar-refractivity contribution in [1.29, 1.82) is 0 Å². The van der Waals surface area contributed by atoms with E-state index in [9.17, 15) is 23.8 Å². The van der Waals surface area contributed by atoms with Crippen molar-refractivity contribution in [3.63, 3.8) is 0 Å². The first kappa shape index (κ1) is 23.6. The van der Waals surface area contributed by atoms with Crippen molar-refractivity contribution in [2.45, 2.75) is 18.3 Å². The summed E-state index contributed by atoms with van der Waals surface area (Å²) >= 11 is 5.82. The Hall–Kier alpha value is -3.60. The van der Waals surface area contributed by atoms with Crippen molar-refractivity contribution in [3.05, 3.63) is 77.8 Å². The zero-order chi connectivity index (χ0) is 24.4. The van der Waals surface area contributed by atoms with Crippen LogP contribution in [-0.2, 0) is 4.74 Å². The lowest BCUT2D eigenvalue weighted by molar-refractivity contribution is -0.0441. The molecule has 3 heterocycles. The molecule has 0 saturated heterocycles. The summed E-state index contributed by atoms with van der Waals surface area (Å²) in [5.74, 6) is -2.34. The minimum atomic E-state index is -1.25. The predicted molar refractivity (Wildman–Crippen MR) is 122 cm³/mol. The summed E-state index contributed by atoms with van der Waals surface area (Å²) in [7, 11) is 0. The van der Waals surface area contributed by atoms with E-state index in [0.29, 0.717) is 5.56 Å². The number of aliphatic hydroxyl groups is 2. The third kappa shape index (κ3) is 4.56. The van der Waals surface area contributed by atoms with Gasteiger partial charge in [-0.05, 0) is 24.3 Å². The Morgan fingerprint density at radius 2 is 1.94 bits per heavy atom. The summed E-state index contributed by atoms with van der Waals surface area (Å²) in [6, 6.07) is 7.84. The number of halogens is 3. The molecule has 1 aliphatic rings. The summed E-state index contributed by atoms with van der Waals surface area (Å²) in [6.07, 6.45) is 0.680. The van der Waals surface area contributed by atoms with Gasteiger partial charge in [-0.25, -0.2) is 13.8 Å². The zero-order valence-corrected chi connectivity index (χ0v) is 18.2. The highest BCUT2D eigenvalue weighted by molar-refractivity contribution is 6.18. The molecule has 3 aromatic rings. The smallest absolute Gasteiger partial charge is 0.276 e. The molecule has 5 N–H and O–H groups in total. The minimum Gasteiger partial charge on any atom is -0.486 e. The standard InChI is InChI=1S/C23H19ClF2N4O4/c24-9-19-22(32)17(31)8-18(34-19)12-5-6-28-10-16(12)29-23(33)21-15(27)7-14(26)20(30-21)11-3-1-2-4-13(11)25/h1-8,10,17,19,22,31-32H,9,27H2,(H,29,33). The number of amides is 1. The van der Waals surface area contributed by atoms with Crippen molar-refractivity contribution >= 4 is 34.6 Å². The lowest BCUT2D eigenvalue weighted by atomic mass is 10.0. The molecule has 4 rings (SSSR count). The van der Waals surface area contributed by atoms with E-state index in [1.165, 1.54) is 42.7 Å². The number of hydrogen-bond acceptors (Lipinski definition) is 7. The van der Waals surface area contributed by atoms with Crippen LogP contribution in [0.15, 0.2) is 54.9 Å². The molecule has 0 bridgehead atoms. The molecule has 1 aromatic carbocycles. The van der Waals surface area contributed by atoms with Gasteiger partial charge >= 0.3 is 0 Å². The van der Waals surface area contributed by atoms with Gasteiger partial charge in [0.05, 0.1) is 23.5 Å². The Labute approximate surface area is 197 Å². The van der Waals surface area contributed by atoms with Gasteiger partial charge in [0, 0.05) is 23.4 Å². The van der Waals surface area contributed by atoms with Crippen LogP contribution in [0.3, 0.4) is 0 Å². The molecule has 3 atom stereocenters. The molecule has 34 heavy (non-hydrogen) atoms.